The number of carbonyl (C=O) groups is 1. The number of aromatic carboxylic acids is 1. The average molecular weight is 223 g/mol. The van der Waals surface area contributed by atoms with Crippen molar-refractivity contribution in [2.75, 3.05) is 0 Å². The average Bonchev–Trinajstić information content (AvgIpc) is 2.71. The van der Waals surface area contributed by atoms with Gasteiger partial charge in [0.15, 0.2) is 0 Å². The van der Waals surface area contributed by atoms with Crippen molar-refractivity contribution in [3.63, 3.8) is 0 Å². The highest BCUT2D eigenvalue weighted by Gasteiger charge is 2.14. The second-order valence-electron chi connectivity index (χ2n) is 3.17. The van der Waals surface area contributed by atoms with Gasteiger partial charge in [0, 0.05) is 7.05 Å². The van der Waals surface area contributed by atoms with Gasteiger partial charge in [0.1, 0.15) is 4.88 Å². The molecule has 2 aromatic heterocycles. The van der Waals surface area contributed by atoms with Crippen molar-refractivity contribution >= 4 is 17.3 Å². The quantitative estimate of drug-likeness (QED) is 0.838. The molecule has 0 atom stereocenters. The lowest BCUT2D eigenvalue weighted by molar-refractivity contribution is 0.0702. The van der Waals surface area contributed by atoms with E-state index in [0.717, 1.165) is 16.1 Å². The van der Waals surface area contributed by atoms with E-state index in [9.17, 15) is 4.79 Å². The maximum absolute atomic E-state index is 10.8. The molecule has 5 nitrogen and oxygen atoms in total. The minimum absolute atomic E-state index is 0.337. The number of hydrogen-bond acceptors (Lipinski definition) is 4. The molecule has 0 aliphatic rings. The predicted octanol–water partition coefficient (Wildman–Crippen LogP) is 1.55. The number of thiophene rings is 1. The summed E-state index contributed by atoms with van der Waals surface area (Å²) >= 11 is 1.24. The number of nitrogens with zero attached hydrogens (tertiary/aromatic N) is 3. The third-order valence-corrected chi connectivity index (χ3v) is 3.32. The summed E-state index contributed by atoms with van der Waals surface area (Å²) in [4.78, 5) is 12.0. The van der Waals surface area contributed by atoms with E-state index in [0.29, 0.717) is 4.88 Å². The Hall–Kier alpha value is -1.69. The summed E-state index contributed by atoms with van der Waals surface area (Å²) in [5.41, 5.74) is 1.77. The lowest BCUT2D eigenvalue weighted by atomic mass is 10.2. The number of aromatic nitrogens is 3. The first-order valence-corrected chi connectivity index (χ1v) is 5.10. The largest absolute Gasteiger partial charge is 0.477 e. The third-order valence-electron chi connectivity index (χ3n) is 2.08. The second-order valence-corrected chi connectivity index (χ2v) is 4.22. The second kappa shape index (κ2) is 3.47. The molecule has 15 heavy (non-hydrogen) atoms. The maximum Gasteiger partial charge on any atom is 0.345 e. The Balaban J connectivity index is 2.54. The number of carboxylic acid groups (broad SMARTS) is 1. The van der Waals surface area contributed by atoms with Crippen molar-refractivity contribution in [1.82, 2.24) is 15.0 Å². The molecule has 0 aliphatic heterocycles. The number of aryl methyl sites for hydroxylation is 2. The summed E-state index contributed by atoms with van der Waals surface area (Å²) in [7, 11) is 1.78. The zero-order valence-corrected chi connectivity index (χ0v) is 9.08. The van der Waals surface area contributed by atoms with E-state index in [1.807, 2.05) is 6.92 Å². The lowest BCUT2D eigenvalue weighted by Crippen LogP contribution is -1.92. The van der Waals surface area contributed by atoms with Crippen LogP contribution in [0.1, 0.15) is 15.2 Å². The SMILES string of the molecule is Cc1cc(C(=O)O)sc1-c1cnnn1C. The molecular weight excluding hydrogens is 214 g/mol. The highest BCUT2D eigenvalue weighted by Crippen LogP contribution is 2.31. The Morgan fingerprint density at radius 1 is 1.60 bits per heavy atom. The molecule has 0 saturated carbocycles. The van der Waals surface area contributed by atoms with Crippen molar-refractivity contribution in [3.05, 3.63) is 22.7 Å². The number of hydrogen-bond donors (Lipinski definition) is 1. The first-order chi connectivity index (χ1) is 7.09. The molecule has 0 fully saturated rings. The molecule has 1 N–H and O–H groups in total. The van der Waals surface area contributed by atoms with Gasteiger partial charge in [-0.1, -0.05) is 5.21 Å². The highest BCUT2D eigenvalue weighted by molar-refractivity contribution is 7.17. The van der Waals surface area contributed by atoms with Crippen LogP contribution in [0.5, 0.6) is 0 Å². The van der Waals surface area contributed by atoms with Crippen molar-refractivity contribution in [1.29, 1.82) is 0 Å². The van der Waals surface area contributed by atoms with E-state index in [-0.39, 0.29) is 0 Å². The fraction of sp³-hybridized carbons (Fsp3) is 0.222. The highest BCUT2D eigenvalue weighted by atomic mass is 32.1. The van der Waals surface area contributed by atoms with Gasteiger partial charge < -0.3 is 5.11 Å². The molecule has 78 valence electrons. The number of carboxylic acids is 1. The zero-order valence-electron chi connectivity index (χ0n) is 8.26. The van der Waals surface area contributed by atoms with E-state index >= 15 is 0 Å². The van der Waals surface area contributed by atoms with Crippen molar-refractivity contribution < 1.29 is 9.90 Å². The fourth-order valence-electron chi connectivity index (χ4n) is 1.34. The van der Waals surface area contributed by atoms with E-state index in [1.165, 1.54) is 11.3 Å². The maximum atomic E-state index is 10.8. The molecule has 0 aliphatic carbocycles. The van der Waals surface area contributed by atoms with Crippen LogP contribution in [0.3, 0.4) is 0 Å². The molecule has 0 radical (unpaired) electrons. The first-order valence-electron chi connectivity index (χ1n) is 4.28. The molecule has 2 heterocycles. The summed E-state index contributed by atoms with van der Waals surface area (Å²) in [5.74, 6) is -0.899. The Morgan fingerprint density at radius 2 is 2.33 bits per heavy atom. The summed E-state index contributed by atoms with van der Waals surface area (Å²) in [6.45, 7) is 1.88. The van der Waals surface area contributed by atoms with Gasteiger partial charge in [-0.05, 0) is 18.6 Å². The Kier molecular flexibility index (Phi) is 2.28. The molecule has 0 saturated heterocycles. The van der Waals surface area contributed by atoms with Crippen LogP contribution in [0.2, 0.25) is 0 Å². The van der Waals surface area contributed by atoms with Gasteiger partial charge in [-0.2, -0.15) is 0 Å². The minimum atomic E-state index is -0.899. The fourth-order valence-corrected chi connectivity index (χ4v) is 2.39. The number of rotatable bonds is 2. The third kappa shape index (κ3) is 1.63. The van der Waals surface area contributed by atoms with E-state index in [4.69, 9.17) is 5.11 Å². The van der Waals surface area contributed by atoms with Gasteiger partial charge in [0.05, 0.1) is 16.8 Å². The molecule has 0 aromatic carbocycles. The molecular formula is C9H9N3O2S. The van der Waals surface area contributed by atoms with Crippen LogP contribution in [0.25, 0.3) is 10.6 Å². The van der Waals surface area contributed by atoms with Crippen molar-refractivity contribution in [2.24, 2.45) is 7.05 Å². The van der Waals surface area contributed by atoms with Gasteiger partial charge in [-0.3, -0.25) is 0 Å². The van der Waals surface area contributed by atoms with Crippen LogP contribution in [0.15, 0.2) is 12.3 Å². The van der Waals surface area contributed by atoms with E-state index < -0.39 is 5.97 Å². The molecule has 0 bridgehead atoms. The topological polar surface area (TPSA) is 68.0 Å². The minimum Gasteiger partial charge on any atom is -0.477 e. The Labute approximate surface area is 90.0 Å². The van der Waals surface area contributed by atoms with Gasteiger partial charge >= 0.3 is 5.97 Å². The van der Waals surface area contributed by atoms with Gasteiger partial charge in [0.25, 0.3) is 0 Å². The van der Waals surface area contributed by atoms with Crippen LogP contribution >= 0.6 is 11.3 Å². The van der Waals surface area contributed by atoms with Gasteiger partial charge in [0.2, 0.25) is 0 Å². The smallest absolute Gasteiger partial charge is 0.345 e. The molecule has 0 amide bonds. The predicted molar refractivity (Wildman–Crippen MR) is 56.0 cm³/mol. The molecule has 0 spiro atoms. The molecule has 0 unspecified atom stereocenters. The van der Waals surface area contributed by atoms with Crippen LogP contribution in [-0.2, 0) is 7.05 Å². The van der Waals surface area contributed by atoms with Crippen LogP contribution in [-0.4, -0.2) is 26.1 Å². The molecule has 2 rings (SSSR count). The van der Waals surface area contributed by atoms with Crippen molar-refractivity contribution in [3.8, 4) is 10.6 Å². The van der Waals surface area contributed by atoms with E-state index in [2.05, 4.69) is 10.3 Å². The normalized spacial score (nSPS) is 10.5. The van der Waals surface area contributed by atoms with E-state index in [1.54, 1.807) is 24.0 Å². The van der Waals surface area contributed by atoms with Crippen molar-refractivity contribution in [2.45, 2.75) is 6.92 Å². The van der Waals surface area contributed by atoms with Crippen LogP contribution in [0.4, 0.5) is 0 Å². The summed E-state index contributed by atoms with van der Waals surface area (Å²) < 4.78 is 1.63. The Bertz CT molecular complexity index is 515. The standard InChI is InChI=1S/C9H9N3O2S/c1-5-3-7(9(13)14)15-8(5)6-4-10-11-12(6)2/h3-4H,1-2H3,(H,13,14). The Morgan fingerprint density at radius 3 is 2.80 bits per heavy atom. The molecule has 6 heteroatoms. The van der Waals surface area contributed by atoms with Crippen LogP contribution < -0.4 is 0 Å². The van der Waals surface area contributed by atoms with Crippen LogP contribution in [0, 0.1) is 6.92 Å². The summed E-state index contributed by atoms with van der Waals surface area (Å²) in [6, 6.07) is 1.66. The summed E-state index contributed by atoms with van der Waals surface area (Å²) in [5, 5.41) is 16.4. The molecule has 2 aromatic rings. The monoisotopic (exact) mass is 223 g/mol. The lowest BCUT2D eigenvalue weighted by Gasteiger charge is -1.97. The zero-order chi connectivity index (χ0) is 11.0. The summed E-state index contributed by atoms with van der Waals surface area (Å²) in [6.07, 6.45) is 1.63. The van der Waals surface area contributed by atoms with Gasteiger partial charge in [-0.25, -0.2) is 9.48 Å². The first kappa shape index (κ1) is 9.85. The van der Waals surface area contributed by atoms with Gasteiger partial charge in [-0.15, -0.1) is 16.4 Å².